The molecule has 1 amide bonds. The molecule has 1 fully saturated rings. The molecule has 3 aromatic rings. The fourth-order valence-electron chi connectivity index (χ4n) is 4.74. The van der Waals surface area contributed by atoms with Gasteiger partial charge in [0.05, 0.1) is 12.2 Å². The second-order valence-electron chi connectivity index (χ2n) is 9.59. The number of sulfonamides is 1. The Hall–Kier alpha value is -3.66. The first kappa shape index (κ1) is 25.4. The number of rotatable bonds is 7. The Morgan fingerprint density at radius 1 is 1.22 bits per heavy atom. The number of pyridine rings is 2. The van der Waals surface area contributed by atoms with E-state index in [0.29, 0.717) is 36.2 Å². The summed E-state index contributed by atoms with van der Waals surface area (Å²) in [4.78, 5) is 24.1. The number of hydrogen-bond acceptors (Lipinski definition) is 8. The van der Waals surface area contributed by atoms with Crippen LogP contribution in [0, 0.1) is 5.92 Å². The third-order valence-corrected chi connectivity index (χ3v) is 7.42. The van der Waals surface area contributed by atoms with Gasteiger partial charge in [-0.2, -0.15) is 8.42 Å². The summed E-state index contributed by atoms with van der Waals surface area (Å²) in [6.07, 6.45) is 2.60. The Bertz CT molecular complexity index is 1390. The van der Waals surface area contributed by atoms with Crippen molar-refractivity contribution < 1.29 is 17.9 Å². The molecule has 3 heterocycles. The van der Waals surface area contributed by atoms with E-state index in [4.69, 9.17) is 10.5 Å². The van der Waals surface area contributed by atoms with Crippen LogP contribution in [0.2, 0.25) is 0 Å². The second-order valence-corrected chi connectivity index (χ2v) is 11.2. The summed E-state index contributed by atoms with van der Waals surface area (Å²) in [5.41, 5.74) is 6.92. The van der Waals surface area contributed by atoms with Crippen LogP contribution >= 0.6 is 0 Å². The molecule has 1 atom stereocenters. The van der Waals surface area contributed by atoms with Gasteiger partial charge in [0.1, 0.15) is 17.4 Å². The van der Waals surface area contributed by atoms with Crippen molar-refractivity contribution in [2.24, 2.45) is 5.92 Å². The highest BCUT2D eigenvalue weighted by Gasteiger charge is 2.39. The van der Waals surface area contributed by atoms with Gasteiger partial charge in [0.15, 0.2) is 5.03 Å². The molecule has 3 N–H and O–H groups in total. The minimum atomic E-state index is -4.27. The highest BCUT2D eigenvalue weighted by molar-refractivity contribution is 7.90. The van der Waals surface area contributed by atoms with Crippen molar-refractivity contribution >= 4 is 27.6 Å². The molecule has 10 heteroatoms. The molecule has 0 spiro atoms. The summed E-state index contributed by atoms with van der Waals surface area (Å²) in [6.45, 7) is 9.38. The standard InChI is InChI=1S/C26H31N5O4S/c1-5-35-21-10-7-6-9-19(21)18-13-20(24(28-15-18)31-16-17(2)14-26(31,3)4)25(32)30-36(33,34)23-12-8-11-22(27)29-23/h6-13,15,17H,5,14,16H2,1-4H3,(H2,27,29)(H,30,32). The molecule has 1 aliphatic heterocycles. The van der Waals surface area contributed by atoms with Crippen molar-refractivity contribution in [1.82, 2.24) is 14.7 Å². The summed E-state index contributed by atoms with van der Waals surface area (Å²) in [7, 11) is -4.27. The van der Waals surface area contributed by atoms with Crippen molar-refractivity contribution in [3.8, 4) is 16.9 Å². The predicted molar refractivity (Wildman–Crippen MR) is 139 cm³/mol. The van der Waals surface area contributed by atoms with Gasteiger partial charge in [-0.3, -0.25) is 4.79 Å². The molecule has 0 aliphatic carbocycles. The number of amides is 1. The lowest BCUT2D eigenvalue weighted by Gasteiger charge is -2.33. The molecule has 1 aromatic carbocycles. The van der Waals surface area contributed by atoms with E-state index in [0.717, 1.165) is 12.0 Å². The number of nitrogens with one attached hydrogen (secondary N) is 1. The Morgan fingerprint density at radius 3 is 2.64 bits per heavy atom. The van der Waals surface area contributed by atoms with Crippen LogP contribution in [0.25, 0.3) is 11.1 Å². The maximum atomic E-state index is 13.5. The zero-order chi connectivity index (χ0) is 26.1. The number of nitrogen functional groups attached to an aromatic ring is 1. The summed E-state index contributed by atoms with van der Waals surface area (Å²) < 4.78 is 33.9. The normalized spacial score (nSPS) is 17.1. The van der Waals surface area contributed by atoms with E-state index in [1.54, 1.807) is 12.3 Å². The van der Waals surface area contributed by atoms with Crippen molar-refractivity contribution in [2.75, 3.05) is 23.8 Å². The Morgan fingerprint density at radius 2 is 1.97 bits per heavy atom. The average Bonchev–Trinajstić information content (AvgIpc) is 3.10. The second kappa shape index (κ2) is 9.77. The van der Waals surface area contributed by atoms with Crippen LogP contribution in [0.15, 0.2) is 59.8 Å². The lowest BCUT2D eigenvalue weighted by Crippen LogP contribution is -2.41. The number of para-hydroxylation sites is 1. The number of carbonyl (C=O) groups is 1. The molecule has 0 saturated carbocycles. The molecule has 2 aromatic heterocycles. The number of hydrogen-bond donors (Lipinski definition) is 2. The molecule has 1 saturated heterocycles. The molecule has 36 heavy (non-hydrogen) atoms. The molecule has 4 rings (SSSR count). The lowest BCUT2D eigenvalue weighted by molar-refractivity contribution is 0.0981. The fourth-order valence-corrected chi connectivity index (χ4v) is 5.68. The van der Waals surface area contributed by atoms with Crippen LogP contribution in [-0.2, 0) is 10.0 Å². The van der Waals surface area contributed by atoms with Gasteiger partial charge < -0.3 is 15.4 Å². The zero-order valence-electron chi connectivity index (χ0n) is 20.9. The zero-order valence-corrected chi connectivity index (χ0v) is 21.7. The van der Waals surface area contributed by atoms with E-state index in [2.05, 4.69) is 40.4 Å². The number of benzene rings is 1. The maximum absolute atomic E-state index is 13.5. The minimum absolute atomic E-state index is 0.0370. The van der Waals surface area contributed by atoms with Gasteiger partial charge in [0.25, 0.3) is 15.9 Å². The maximum Gasteiger partial charge on any atom is 0.281 e. The van der Waals surface area contributed by atoms with E-state index >= 15 is 0 Å². The predicted octanol–water partition coefficient (Wildman–Crippen LogP) is 3.87. The van der Waals surface area contributed by atoms with Gasteiger partial charge >= 0.3 is 0 Å². The molecule has 9 nitrogen and oxygen atoms in total. The molecular formula is C26H31N5O4S. The fraction of sp³-hybridized carbons (Fsp3) is 0.346. The molecule has 0 radical (unpaired) electrons. The average molecular weight is 510 g/mol. The quantitative estimate of drug-likeness (QED) is 0.491. The Labute approximate surface area is 211 Å². The summed E-state index contributed by atoms with van der Waals surface area (Å²) in [6, 6.07) is 13.3. The van der Waals surface area contributed by atoms with Crippen molar-refractivity contribution in [2.45, 2.75) is 44.7 Å². The van der Waals surface area contributed by atoms with Crippen LogP contribution in [0.1, 0.15) is 44.5 Å². The van der Waals surface area contributed by atoms with Crippen molar-refractivity contribution in [3.05, 3.63) is 60.3 Å². The monoisotopic (exact) mass is 509 g/mol. The van der Waals surface area contributed by atoms with Gasteiger partial charge in [-0.1, -0.05) is 31.2 Å². The largest absolute Gasteiger partial charge is 0.493 e. The third-order valence-electron chi connectivity index (χ3n) is 6.19. The SMILES string of the molecule is CCOc1ccccc1-c1cnc(N2CC(C)CC2(C)C)c(C(=O)NS(=O)(=O)c2cccc(N)n2)c1. The Kier molecular flexibility index (Phi) is 6.90. The van der Waals surface area contributed by atoms with E-state index in [1.807, 2.05) is 31.2 Å². The molecule has 1 unspecified atom stereocenters. The summed E-state index contributed by atoms with van der Waals surface area (Å²) in [5, 5.41) is -0.335. The lowest BCUT2D eigenvalue weighted by atomic mass is 9.97. The summed E-state index contributed by atoms with van der Waals surface area (Å²) in [5.74, 6) is 0.696. The van der Waals surface area contributed by atoms with Crippen LogP contribution in [-0.4, -0.2) is 43.0 Å². The topological polar surface area (TPSA) is 128 Å². The first-order chi connectivity index (χ1) is 17.0. The van der Waals surface area contributed by atoms with Crippen LogP contribution in [0.4, 0.5) is 11.6 Å². The van der Waals surface area contributed by atoms with Gasteiger partial charge in [-0.05, 0) is 57.4 Å². The molecular weight excluding hydrogens is 478 g/mol. The smallest absolute Gasteiger partial charge is 0.281 e. The van der Waals surface area contributed by atoms with Crippen molar-refractivity contribution in [1.29, 1.82) is 0 Å². The van der Waals surface area contributed by atoms with Crippen molar-refractivity contribution in [3.63, 3.8) is 0 Å². The van der Waals surface area contributed by atoms with Gasteiger partial charge in [-0.15, -0.1) is 0 Å². The molecule has 190 valence electrons. The number of aromatic nitrogens is 2. The number of ether oxygens (including phenoxy) is 1. The minimum Gasteiger partial charge on any atom is -0.493 e. The van der Waals surface area contributed by atoms with Gasteiger partial charge in [0, 0.05) is 29.4 Å². The Balaban J connectivity index is 1.81. The van der Waals surface area contributed by atoms with Crippen LogP contribution in [0.5, 0.6) is 5.75 Å². The first-order valence-electron chi connectivity index (χ1n) is 11.8. The number of carbonyl (C=O) groups excluding carboxylic acids is 1. The van der Waals surface area contributed by atoms with Gasteiger partial charge in [0.2, 0.25) is 0 Å². The van der Waals surface area contributed by atoms with E-state index < -0.39 is 15.9 Å². The highest BCUT2D eigenvalue weighted by atomic mass is 32.2. The van der Waals surface area contributed by atoms with E-state index in [9.17, 15) is 13.2 Å². The van der Waals surface area contributed by atoms with Gasteiger partial charge in [-0.25, -0.2) is 14.7 Å². The highest BCUT2D eigenvalue weighted by Crippen LogP contribution is 2.39. The first-order valence-corrected chi connectivity index (χ1v) is 13.3. The van der Waals surface area contributed by atoms with E-state index in [1.165, 1.54) is 18.2 Å². The van der Waals surface area contributed by atoms with Crippen LogP contribution < -0.4 is 20.1 Å². The third kappa shape index (κ3) is 5.13. The number of anilines is 2. The van der Waals surface area contributed by atoms with Crippen LogP contribution in [0.3, 0.4) is 0 Å². The number of nitrogens with two attached hydrogens (primary N) is 1. The van der Waals surface area contributed by atoms with E-state index in [-0.39, 0.29) is 21.9 Å². The molecule has 0 bridgehead atoms. The summed E-state index contributed by atoms with van der Waals surface area (Å²) >= 11 is 0. The number of nitrogens with zero attached hydrogens (tertiary/aromatic N) is 3. The molecule has 1 aliphatic rings.